The number of nitrogens with one attached hydrogen (secondary N) is 7. The molecule has 3 unspecified atom stereocenters. The molecule has 0 spiro atoms. The summed E-state index contributed by atoms with van der Waals surface area (Å²) in [7, 11) is 7.37. The molecule has 0 radical (unpaired) electrons. The van der Waals surface area contributed by atoms with Crippen LogP contribution in [-0.2, 0) is 58.9 Å². The molecule has 6 aromatic carbocycles. The van der Waals surface area contributed by atoms with Crippen LogP contribution in [0, 0.1) is 0 Å². The van der Waals surface area contributed by atoms with Gasteiger partial charge in [-0.3, -0.25) is 35.1 Å². The van der Waals surface area contributed by atoms with Crippen LogP contribution in [0.4, 0.5) is 14.4 Å². The largest absolute Gasteiger partial charge is 0.497 e. The van der Waals surface area contributed by atoms with E-state index in [4.69, 9.17) is 24.7 Å². The van der Waals surface area contributed by atoms with Gasteiger partial charge in [-0.2, -0.15) is 0 Å². The third-order valence-corrected chi connectivity index (χ3v) is 14.4. The molecule has 4 aliphatic heterocycles. The summed E-state index contributed by atoms with van der Waals surface area (Å²) < 4.78 is 25.0. The Morgan fingerprint density at radius 3 is 1.33 bits per heavy atom. The maximum atomic E-state index is 12.8. The Balaban J connectivity index is 0.000000311. The molecule has 87 heavy (non-hydrogen) atoms. The lowest BCUT2D eigenvalue weighted by Crippen LogP contribution is -2.52. The standard InChI is InChI=1S/C20H21N3O5.C19H17N3O4.C10H11BrO3.C10H11N3O2.4CH4/c1-27-15-8-9-16(17(24)28-2)13(10-15)11-21-12-20(14-6-4-3-5-7-14)18(25)22-19(26)23-20;1-26-14-7-8-15-12(9-14)10-22(16(15)23)11-19(13-5-3-2-4-6-13)17(24)20-18(25)21-19;1-13-8-3-4-9(10(12)14-2)7(5-8)6-11;11-6-10(7-4-2-1-3-5-7)8(14)12-9(15)13-10;;;;/h3-10,21H,11-12H2,1-2H3,(H2,22,23,25,26);2-9H,10-11H2,1H3,(H2,20,21,24,25);3-5H,6H2,1-2H3;1-5H,6,11H2,(H2,12,13,14,15);4*1H4. The number of rotatable bonds is 16. The van der Waals surface area contributed by atoms with Crippen LogP contribution < -0.4 is 57.2 Å². The highest BCUT2D eigenvalue weighted by atomic mass is 79.9. The van der Waals surface area contributed by atoms with Crippen LogP contribution in [0.2, 0.25) is 0 Å². The monoisotopic (exact) mass is 1260 g/mol. The number of fused-ring (bicyclic) bond motifs is 1. The van der Waals surface area contributed by atoms with Crippen molar-refractivity contribution in [1.82, 2.24) is 42.1 Å². The van der Waals surface area contributed by atoms with Gasteiger partial charge in [0.2, 0.25) is 0 Å². The van der Waals surface area contributed by atoms with Gasteiger partial charge in [-0.15, -0.1) is 0 Å². The lowest BCUT2D eigenvalue weighted by atomic mass is 9.89. The van der Waals surface area contributed by atoms with E-state index < -0.39 is 58.4 Å². The number of methoxy groups -OCH3 is 5. The number of amides is 10. The number of hydrogen-bond acceptors (Lipinski definition) is 16. The molecule has 3 atom stereocenters. The molecule has 0 saturated carbocycles. The molecule has 6 aromatic rings. The van der Waals surface area contributed by atoms with Gasteiger partial charge in [0.15, 0.2) is 16.6 Å². The maximum absolute atomic E-state index is 12.8. The molecular weight excluding hydrogens is 1190 g/mol. The molecular formula is C63H76BrN9O14. The van der Waals surface area contributed by atoms with E-state index >= 15 is 0 Å². The van der Waals surface area contributed by atoms with Crippen LogP contribution in [0.25, 0.3) is 0 Å². The Morgan fingerprint density at radius 1 is 0.529 bits per heavy atom. The van der Waals surface area contributed by atoms with Crippen LogP contribution in [0.5, 0.6) is 17.2 Å². The third kappa shape index (κ3) is 15.8. The second-order valence-corrected chi connectivity index (χ2v) is 19.3. The number of urea groups is 3. The van der Waals surface area contributed by atoms with Crippen LogP contribution in [-0.4, -0.2) is 114 Å². The Bertz CT molecular complexity index is 3420. The second kappa shape index (κ2) is 32.0. The summed E-state index contributed by atoms with van der Waals surface area (Å²) in [4.78, 5) is 109. The molecule has 24 heteroatoms. The quantitative estimate of drug-likeness (QED) is 0.0268. The number of alkyl halides is 1. The van der Waals surface area contributed by atoms with Gasteiger partial charge in [0.05, 0.1) is 53.2 Å². The van der Waals surface area contributed by atoms with Crippen LogP contribution in [0.1, 0.15) is 94.2 Å². The fraction of sp³-hybridized carbons (Fsp3) is 0.286. The van der Waals surface area contributed by atoms with Crippen molar-refractivity contribution in [3.63, 3.8) is 0 Å². The summed E-state index contributed by atoms with van der Waals surface area (Å²) in [6, 6.07) is 40.8. The second-order valence-electron chi connectivity index (χ2n) is 18.7. The van der Waals surface area contributed by atoms with E-state index in [0.717, 1.165) is 16.9 Å². The summed E-state index contributed by atoms with van der Waals surface area (Å²) >= 11 is 3.31. The highest BCUT2D eigenvalue weighted by Gasteiger charge is 2.51. The van der Waals surface area contributed by atoms with Crippen molar-refractivity contribution < 1.29 is 66.8 Å². The summed E-state index contributed by atoms with van der Waals surface area (Å²) in [5, 5.41) is 18.5. The van der Waals surface area contributed by atoms with Gasteiger partial charge in [-0.25, -0.2) is 24.0 Å². The van der Waals surface area contributed by atoms with Gasteiger partial charge < -0.3 is 55.6 Å². The highest BCUT2D eigenvalue weighted by molar-refractivity contribution is 9.08. The van der Waals surface area contributed by atoms with E-state index in [1.54, 1.807) is 140 Å². The number of esters is 2. The third-order valence-electron chi connectivity index (χ3n) is 13.8. The Kier molecular flexibility index (Phi) is 26.4. The Morgan fingerprint density at radius 2 is 0.920 bits per heavy atom. The van der Waals surface area contributed by atoms with Crippen LogP contribution in [0.3, 0.4) is 0 Å². The molecule has 464 valence electrons. The number of benzene rings is 6. The molecule has 23 nitrogen and oxygen atoms in total. The number of nitrogens with two attached hydrogens (primary N) is 1. The molecule has 10 amide bonds. The highest BCUT2D eigenvalue weighted by Crippen LogP contribution is 2.33. The van der Waals surface area contributed by atoms with Gasteiger partial charge in [0, 0.05) is 37.1 Å². The minimum absolute atomic E-state index is 0. The number of imide groups is 3. The summed E-state index contributed by atoms with van der Waals surface area (Å²) in [6.45, 7) is 0.827. The summed E-state index contributed by atoms with van der Waals surface area (Å²) in [6.07, 6.45) is 0. The number of ether oxygens (including phenoxy) is 5. The minimum Gasteiger partial charge on any atom is -0.497 e. The molecule has 0 bridgehead atoms. The van der Waals surface area contributed by atoms with E-state index in [2.05, 4.69) is 57.9 Å². The lowest BCUT2D eigenvalue weighted by molar-refractivity contribution is -0.125. The average molecular weight is 1260 g/mol. The van der Waals surface area contributed by atoms with Crippen molar-refractivity contribution in [3.05, 3.63) is 196 Å². The van der Waals surface area contributed by atoms with E-state index in [-0.39, 0.29) is 67.8 Å². The number of carbonyl (C=O) groups is 9. The van der Waals surface area contributed by atoms with Gasteiger partial charge >= 0.3 is 30.0 Å². The topological polar surface area (TPSA) is 313 Å². The smallest absolute Gasteiger partial charge is 0.338 e. The molecule has 4 aliphatic rings. The van der Waals surface area contributed by atoms with Crippen molar-refractivity contribution in [2.75, 3.05) is 55.2 Å². The predicted molar refractivity (Wildman–Crippen MR) is 331 cm³/mol. The zero-order valence-electron chi connectivity index (χ0n) is 45.7. The van der Waals surface area contributed by atoms with E-state index in [1.807, 2.05) is 24.3 Å². The van der Waals surface area contributed by atoms with Crippen molar-refractivity contribution in [2.24, 2.45) is 5.73 Å². The Hall–Kier alpha value is -9.65. The number of carbonyl (C=O) groups excluding carboxylic acids is 9. The molecule has 4 heterocycles. The molecule has 9 N–H and O–H groups in total. The number of hydrogen-bond donors (Lipinski definition) is 8. The van der Waals surface area contributed by atoms with E-state index in [9.17, 15) is 43.2 Å². The first kappa shape index (κ1) is 71.6. The number of nitrogens with zero attached hydrogens (tertiary/aromatic N) is 1. The zero-order valence-corrected chi connectivity index (χ0v) is 47.3. The maximum Gasteiger partial charge on any atom is 0.338 e. The zero-order chi connectivity index (χ0) is 59.9. The molecule has 10 rings (SSSR count). The van der Waals surface area contributed by atoms with Crippen molar-refractivity contribution in [2.45, 2.75) is 64.7 Å². The first-order valence-corrected chi connectivity index (χ1v) is 26.6. The van der Waals surface area contributed by atoms with Gasteiger partial charge in [-0.05, 0) is 88.0 Å². The minimum atomic E-state index is -1.31. The average Bonchev–Trinajstić information content (AvgIpc) is 1.77. The molecule has 0 aromatic heterocycles. The fourth-order valence-electron chi connectivity index (χ4n) is 9.50. The van der Waals surface area contributed by atoms with E-state index in [0.29, 0.717) is 62.3 Å². The SMILES string of the molecule is C.C.C.C.COC(=O)c1ccc(OC)cc1CBr.COC(=O)c1ccc(OC)cc1CNCC1(c2ccccc2)NC(=O)NC1=O.COc1ccc2c(c1)CN(CC1(c3ccccc3)NC(=O)NC1=O)C2=O.NCC1(c2ccccc2)NC(=O)NC1=O. The van der Waals surface area contributed by atoms with Gasteiger partial charge in [0.1, 0.15) is 17.2 Å². The molecule has 3 fully saturated rings. The Labute approximate surface area is 514 Å². The van der Waals surface area contributed by atoms with Crippen molar-refractivity contribution in [3.8, 4) is 17.2 Å². The van der Waals surface area contributed by atoms with Crippen molar-refractivity contribution in [1.29, 1.82) is 0 Å². The first-order chi connectivity index (χ1) is 39.9. The molecule has 3 saturated heterocycles. The first-order valence-electron chi connectivity index (χ1n) is 25.5. The number of halogens is 1. The van der Waals surface area contributed by atoms with Crippen LogP contribution >= 0.6 is 15.9 Å². The summed E-state index contributed by atoms with van der Waals surface area (Å²) in [5.74, 6) is -0.284. The summed E-state index contributed by atoms with van der Waals surface area (Å²) in [5.41, 5.74) is 7.78. The lowest BCUT2D eigenvalue weighted by Gasteiger charge is -2.31. The normalized spacial score (nSPS) is 18.1. The van der Waals surface area contributed by atoms with Gasteiger partial charge in [-0.1, -0.05) is 137 Å². The van der Waals surface area contributed by atoms with E-state index in [1.165, 1.54) is 21.3 Å². The van der Waals surface area contributed by atoms with Crippen LogP contribution in [0.15, 0.2) is 146 Å². The predicted octanol–water partition coefficient (Wildman–Crippen LogP) is 7.29. The van der Waals surface area contributed by atoms with Crippen molar-refractivity contribution >= 4 is 69.6 Å². The van der Waals surface area contributed by atoms with Gasteiger partial charge in [0.25, 0.3) is 23.6 Å². The fourth-order valence-corrected chi connectivity index (χ4v) is 9.96. The molecule has 0 aliphatic carbocycles.